The molecule has 0 unspecified atom stereocenters. The molecule has 18 heavy (non-hydrogen) atoms. The van der Waals surface area contributed by atoms with Gasteiger partial charge in [0.2, 0.25) is 5.75 Å². The standard InChI is InChI=1S/C12H9Cl2NO3/c1-2-9-11(17-12(14)16)10(15-18-9)7-5-3-4-6-8(7)13/h3-6H,2H2,1H3. The maximum Gasteiger partial charge on any atom is 0.409 e. The highest BCUT2D eigenvalue weighted by Gasteiger charge is 2.21. The van der Waals surface area contributed by atoms with Gasteiger partial charge in [-0.3, -0.25) is 0 Å². The van der Waals surface area contributed by atoms with Gasteiger partial charge in [-0.15, -0.1) is 0 Å². The van der Waals surface area contributed by atoms with Crippen molar-refractivity contribution in [3.05, 3.63) is 35.0 Å². The Hall–Kier alpha value is -1.52. The number of halogens is 2. The van der Waals surface area contributed by atoms with E-state index in [0.29, 0.717) is 28.5 Å². The van der Waals surface area contributed by atoms with E-state index in [0.717, 1.165) is 0 Å². The fraction of sp³-hybridized carbons (Fsp3) is 0.167. The summed E-state index contributed by atoms with van der Waals surface area (Å²) < 4.78 is 10.0. The number of hydrogen-bond acceptors (Lipinski definition) is 4. The summed E-state index contributed by atoms with van der Waals surface area (Å²) in [7, 11) is 0. The molecule has 0 N–H and O–H groups in total. The minimum atomic E-state index is -0.943. The zero-order valence-corrected chi connectivity index (χ0v) is 11.0. The second-order valence-electron chi connectivity index (χ2n) is 3.46. The van der Waals surface area contributed by atoms with E-state index in [9.17, 15) is 4.79 Å². The van der Waals surface area contributed by atoms with Crippen LogP contribution in [0.2, 0.25) is 5.02 Å². The summed E-state index contributed by atoms with van der Waals surface area (Å²) in [5.74, 6) is 0.657. The Bertz CT molecular complexity index is 580. The van der Waals surface area contributed by atoms with Crippen molar-refractivity contribution in [2.45, 2.75) is 13.3 Å². The molecular weight excluding hydrogens is 277 g/mol. The molecule has 1 heterocycles. The van der Waals surface area contributed by atoms with Gasteiger partial charge in [-0.1, -0.05) is 41.9 Å². The van der Waals surface area contributed by atoms with E-state index in [1.807, 2.05) is 6.92 Å². The van der Waals surface area contributed by atoms with Crippen LogP contribution in [0.25, 0.3) is 11.3 Å². The molecule has 2 rings (SSSR count). The molecule has 0 aliphatic heterocycles. The predicted octanol–water partition coefficient (Wildman–Crippen LogP) is 4.30. The maximum atomic E-state index is 10.9. The number of aryl methyl sites for hydroxylation is 1. The van der Waals surface area contributed by atoms with Crippen molar-refractivity contribution >= 4 is 28.6 Å². The lowest BCUT2D eigenvalue weighted by molar-refractivity contribution is 0.224. The van der Waals surface area contributed by atoms with E-state index in [1.54, 1.807) is 24.3 Å². The minimum absolute atomic E-state index is 0.214. The van der Waals surface area contributed by atoms with Crippen molar-refractivity contribution in [3.63, 3.8) is 0 Å². The Kier molecular flexibility index (Phi) is 3.89. The van der Waals surface area contributed by atoms with E-state index < -0.39 is 5.43 Å². The molecule has 0 aliphatic rings. The summed E-state index contributed by atoms with van der Waals surface area (Å²) >= 11 is 11.3. The first-order valence-corrected chi connectivity index (χ1v) is 5.99. The van der Waals surface area contributed by atoms with Gasteiger partial charge in [0.05, 0.1) is 5.02 Å². The zero-order chi connectivity index (χ0) is 13.1. The molecule has 0 saturated heterocycles. The first-order valence-electron chi connectivity index (χ1n) is 5.24. The molecule has 0 fully saturated rings. The fourth-order valence-corrected chi connectivity index (χ4v) is 1.85. The van der Waals surface area contributed by atoms with Crippen LogP contribution in [0.5, 0.6) is 5.75 Å². The maximum absolute atomic E-state index is 10.9. The van der Waals surface area contributed by atoms with Crippen molar-refractivity contribution in [2.24, 2.45) is 0 Å². The van der Waals surface area contributed by atoms with Crippen molar-refractivity contribution in [2.75, 3.05) is 0 Å². The molecule has 0 saturated carbocycles. The Labute approximate surface area is 113 Å². The number of aromatic nitrogens is 1. The number of carbonyl (C=O) groups is 1. The van der Waals surface area contributed by atoms with Gasteiger partial charge in [0, 0.05) is 23.6 Å². The molecular formula is C12H9Cl2NO3. The van der Waals surface area contributed by atoms with Gasteiger partial charge in [0.25, 0.3) is 0 Å². The van der Waals surface area contributed by atoms with Crippen molar-refractivity contribution < 1.29 is 14.1 Å². The van der Waals surface area contributed by atoms with Crippen LogP contribution < -0.4 is 4.74 Å². The number of carbonyl (C=O) groups excluding carboxylic acids is 1. The number of ether oxygens (including phenoxy) is 1. The zero-order valence-electron chi connectivity index (χ0n) is 9.44. The highest BCUT2D eigenvalue weighted by molar-refractivity contribution is 6.61. The van der Waals surface area contributed by atoms with Crippen LogP contribution >= 0.6 is 23.2 Å². The Balaban J connectivity index is 2.54. The molecule has 0 amide bonds. The number of benzene rings is 1. The van der Waals surface area contributed by atoms with Gasteiger partial charge in [-0.05, 0) is 6.07 Å². The smallest absolute Gasteiger partial charge is 0.408 e. The lowest BCUT2D eigenvalue weighted by Crippen LogP contribution is -1.99. The number of nitrogens with zero attached hydrogens (tertiary/aromatic N) is 1. The SMILES string of the molecule is CCc1onc(-c2ccccc2Cl)c1OC(=O)Cl. The summed E-state index contributed by atoms with van der Waals surface area (Å²) in [6.45, 7) is 1.85. The second-order valence-corrected chi connectivity index (χ2v) is 4.17. The molecule has 0 bridgehead atoms. The third-order valence-electron chi connectivity index (χ3n) is 2.35. The summed E-state index contributed by atoms with van der Waals surface area (Å²) in [5.41, 5.74) is 0.0446. The predicted molar refractivity (Wildman–Crippen MR) is 68.2 cm³/mol. The normalized spacial score (nSPS) is 10.4. The average Bonchev–Trinajstić information content (AvgIpc) is 2.72. The molecule has 6 heteroatoms. The van der Waals surface area contributed by atoms with Crippen LogP contribution in [0.15, 0.2) is 28.8 Å². The average molecular weight is 286 g/mol. The lowest BCUT2D eigenvalue weighted by atomic mass is 10.1. The van der Waals surface area contributed by atoms with Gasteiger partial charge in [0.15, 0.2) is 11.5 Å². The van der Waals surface area contributed by atoms with E-state index in [-0.39, 0.29) is 5.75 Å². The quantitative estimate of drug-likeness (QED) is 0.789. The Morgan fingerprint density at radius 1 is 1.44 bits per heavy atom. The summed E-state index contributed by atoms with van der Waals surface area (Å²) in [6, 6.07) is 7.06. The van der Waals surface area contributed by atoms with E-state index >= 15 is 0 Å². The van der Waals surface area contributed by atoms with Crippen LogP contribution in [0.1, 0.15) is 12.7 Å². The number of hydrogen-bond donors (Lipinski definition) is 0. The van der Waals surface area contributed by atoms with Crippen LogP contribution in [0.4, 0.5) is 4.79 Å². The fourth-order valence-electron chi connectivity index (χ4n) is 1.55. The Morgan fingerprint density at radius 3 is 2.78 bits per heavy atom. The van der Waals surface area contributed by atoms with Crippen LogP contribution in [0.3, 0.4) is 0 Å². The van der Waals surface area contributed by atoms with E-state index in [1.165, 1.54) is 0 Å². The second kappa shape index (κ2) is 5.42. The van der Waals surface area contributed by atoms with Crippen molar-refractivity contribution in [3.8, 4) is 17.0 Å². The van der Waals surface area contributed by atoms with Gasteiger partial charge in [-0.2, -0.15) is 0 Å². The molecule has 1 aromatic heterocycles. The summed E-state index contributed by atoms with van der Waals surface area (Å²) in [4.78, 5) is 10.9. The molecule has 2 aromatic rings. The van der Waals surface area contributed by atoms with E-state index in [2.05, 4.69) is 5.16 Å². The lowest BCUT2D eigenvalue weighted by Gasteiger charge is -2.03. The van der Waals surface area contributed by atoms with Gasteiger partial charge < -0.3 is 9.26 Å². The largest absolute Gasteiger partial charge is 0.409 e. The van der Waals surface area contributed by atoms with Crippen LogP contribution in [-0.2, 0) is 6.42 Å². The van der Waals surface area contributed by atoms with E-state index in [4.69, 9.17) is 32.5 Å². The first kappa shape index (κ1) is 12.9. The molecule has 0 spiro atoms. The third kappa shape index (κ3) is 2.49. The highest BCUT2D eigenvalue weighted by Crippen LogP contribution is 2.36. The molecule has 0 radical (unpaired) electrons. The van der Waals surface area contributed by atoms with Crippen LogP contribution in [0, 0.1) is 0 Å². The van der Waals surface area contributed by atoms with Gasteiger partial charge in [-0.25, -0.2) is 4.79 Å². The molecule has 0 atom stereocenters. The topological polar surface area (TPSA) is 52.3 Å². The summed E-state index contributed by atoms with van der Waals surface area (Å²) in [6.07, 6.45) is 0.525. The van der Waals surface area contributed by atoms with Gasteiger partial charge >= 0.3 is 5.43 Å². The van der Waals surface area contributed by atoms with Crippen molar-refractivity contribution in [1.29, 1.82) is 0 Å². The number of rotatable bonds is 3. The first-order chi connectivity index (χ1) is 8.63. The molecule has 1 aromatic carbocycles. The molecule has 0 aliphatic carbocycles. The van der Waals surface area contributed by atoms with Crippen LogP contribution in [-0.4, -0.2) is 10.6 Å². The van der Waals surface area contributed by atoms with Crippen molar-refractivity contribution in [1.82, 2.24) is 5.16 Å². The molecule has 4 nitrogen and oxygen atoms in total. The minimum Gasteiger partial charge on any atom is -0.408 e. The molecule has 94 valence electrons. The van der Waals surface area contributed by atoms with Gasteiger partial charge in [0.1, 0.15) is 0 Å². The third-order valence-corrected chi connectivity index (χ3v) is 2.75. The highest BCUT2D eigenvalue weighted by atomic mass is 35.5. The monoisotopic (exact) mass is 285 g/mol. The Morgan fingerprint density at radius 2 is 2.17 bits per heavy atom. The summed E-state index contributed by atoms with van der Waals surface area (Å²) in [5, 5.41) is 4.36.